The number of quaternary nitrogens is 1. The van der Waals surface area contributed by atoms with E-state index < -0.39 is 0 Å². The van der Waals surface area contributed by atoms with Gasteiger partial charge in [-0.1, -0.05) is 30.3 Å². The molecule has 6 nitrogen and oxygen atoms in total. The number of H-pyrrole nitrogens is 1. The summed E-state index contributed by atoms with van der Waals surface area (Å²) in [5, 5.41) is 3.13. The molecule has 0 saturated carbocycles. The molecule has 0 spiro atoms. The molecule has 1 amide bonds. The summed E-state index contributed by atoms with van der Waals surface area (Å²) in [4.78, 5) is 31.8. The predicted octanol–water partition coefficient (Wildman–Crippen LogP) is -0.0972. The number of aryl methyl sites for hydroxylation is 2. The normalized spacial score (nSPS) is 19.8. The van der Waals surface area contributed by atoms with Crippen molar-refractivity contribution < 1.29 is 9.69 Å². The minimum absolute atomic E-state index is 0.00832. The van der Waals surface area contributed by atoms with Crippen LogP contribution in [0.1, 0.15) is 28.9 Å². The van der Waals surface area contributed by atoms with Crippen LogP contribution in [0.2, 0.25) is 0 Å². The fourth-order valence-corrected chi connectivity index (χ4v) is 3.55. The van der Waals surface area contributed by atoms with E-state index in [-0.39, 0.29) is 24.1 Å². The number of likely N-dealkylation sites (tertiary alicyclic amines) is 1. The van der Waals surface area contributed by atoms with Crippen molar-refractivity contribution in [3.8, 4) is 0 Å². The van der Waals surface area contributed by atoms with Crippen LogP contribution in [-0.4, -0.2) is 35.0 Å². The monoisotopic (exact) mass is 341 g/mol. The van der Waals surface area contributed by atoms with Crippen molar-refractivity contribution in [1.29, 1.82) is 0 Å². The maximum Gasteiger partial charge on any atom is 0.345 e. The van der Waals surface area contributed by atoms with Gasteiger partial charge in [0, 0.05) is 28.9 Å². The standard InChI is InChI=1S/C19H24N4O2/c1-13-17(14(2)21-19(25)20-13)10-18(24)22-16-8-9-23(12-16)11-15-6-4-3-5-7-15/h3-7,16H,8-12H2,1-2H3,(H,22,24)(H,20,21,25)/p+1/t16-/m0/s1. The summed E-state index contributed by atoms with van der Waals surface area (Å²) in [5.41, 5.74) is 3.11. The Morgan fingerprint density at radius 3 is 2.80 bits per heavy atom. The van der Waals surface area contributed by atoms with Crippen LogP contribution < -0.4 is 15.9 Å². The van der Waals surface area contributed by atoms with Gasteiger partial charge in [0.1, 0.15) is 6.54 Å². The molecule has 1 aliphatic heterocycles. The van der Waals surface area contributed by atoms with Crippen LogP contribution in [0, 0.1) is 13.8 Å². The summed E-state index contributed by atoms with van der Waals surface area (Å²) in [5.74, 6) is -0.00832. The molecule has 3 rings (SSSR count). The molecule has 132 valence electrons. The SMILES string of the molecule is Cc1nc(=O)[nH]c(C)c1CC(=O)N[C@H]1CC[NH+](Cc2ccccc2)C1. The van der Waals surface area contributed by atoms with Crippen LogP contribution >= 0.6 is 0 Å². The van der Waals surface area contributed by atoms with Crippen molar-refractivity contribution >= 4 is 5.91 Å². The highest BCUT2D eigenvalue weighted by Gasteiger charge is 2.27. The molecule has 0 aliphatic carbocycles. The molecular weight excluding hydrogens is 316 g/mol. The van der Waals surface area contributed by atoms with E-state index in [9.17, 15) is 9.59 Å². The Hall–Kier alpha value is -2.47. The highest BCUT2D eigenvalue weighted by atomic mass is 16.2. The van der Waals surface area contributed by atoms with Gasteiger partial charge in [0.15, 0.2) is 0 Å². The second-order valence-corrected chi connectivity index (χ2v) is 6.83. The number of hydrogen-bond donors (Lipinski definition) is 3. The van der Waals surface area contributed by atoms with Gasteiger partial charge in [0.25, 0.3) is 0 Å². The molecule has 1 saturated heterocycles. The fourth-order valence-electron chi connectivity index (χ4n) is 3.55. The van der Waals surface area contributed by atoms with Gasteiger partial charge < -0.3 is 15.2 Å². The average Bonchev–Trinajstić information content (AvgIpc) is 2.98. The largest absolute Gasteiger partial charge is 0.347 e. The van der Waals surface area contributed by atoms with E-state index >= 15 is 0 Å². The van der Waals surface area contributed by atoms with Crippen LogP contribution in [0.15, 0.2) is 35.1 Å². The van der Waals surface area contributed by atoms with E-state index in [4.69, 9.17) is 0 Å². The summed E-state index contributed by atoms with van der Waals surface area (Å²) < 4.78 is 0. The number of carbonyl (C=O) groups excluding carboxylic acids is 1. The number of aromatic nitrogens is 2. The summed E-state index contributed by atoms with van der Waals surface area (Å²) in [6.07, 6.45) is 1.25. The highest BCUT2D eigenvalue weighted by molar-refractivity contribution is 5.79. The van der Waals surface area contributed by atoms with E-state index in [1.54, 1.807) is 13.8 Å². The number of amides is 1. The molecule has 0 bridgehead atoms. The predicted molar refractivity (Wildman–Crippen MR) is 95.4 cm³/mol. The number of carbonyl (C=O) groups is 1. The zero-order valence-corrected chi connectivity index (χ0v) is 14.8. The number of rotatable bonds is 5. The lowest BCUT2D eigenvalue weighted by Gasteiger charge is -2.15. The Balaban J connectivity index is 1.53. The maximum atomic E-state index is 12.4. The van der Waals surface area contributed by atoms with Gasteiger partial charge in [0.2, 0.25) is 5.91 Å². The Morgan fingerprint density at radius 1 is 1.32 bits per heavy atom. The molecule has 25 heavy (non-hydrogen) atoms. The van der Waals surface area contributed by atoms with Gasteiger partial charge in [-0.15, -0.1) is 0 Å². The van der Waals surface area contributed by atoms with Gasteiger partial charge in [-0.05, 0) is 13.8 Å². The molecule has 1 fully saturated rings. The third kappa shape index (κ3) is 4.54. The molecule has 2 aromatic rings. The van der Waals surface area contributed by atoms with E-state index in [0.717, 1.165) is 37.3 Å². The lowest BCUT2D eigenvalue weighted by atomic mass is 10.1. The van der Waals surface area contributed by atoms with Crippen molar-refractivity contribution in [3.63, 3.8) is 0 Å². The van der Waals surface area contributed by atoms with E-state index in [0.29, 0.717) is 5.69 Å². The molecule has 1 aliphatic rings. The first-order valence-electron chi connectivity index (χ1n) is 8.74. The fraction of sp³-hybridized carbons (Fsp3) is 0.421. The van der Waals surface area contributed by atoms with E-state index in [1.807, 2.05) is 6.07 Å². The highest BCUT2D eigenvalue weighted by Crippen LogP contribution is 2.08. The van der Waals surface area contributed by atoms with E-state index in [2.05, 4.69) is 39.6 Å². The summed E-state index contributed by atoms with van der Waals surface area (Å²) in [7, 11) is 0. The molecule has 3 N–H and O–H groups in total. The van der Waals surface area contributed by atoms with Crippen molar-refractivity contribution in [3.05, 3.63) is 63.3 Å². The summed E-state index contributed by atoms with van der Waals surface area (Å²) in [6, 6.07) is 10.7. The number of benzene rings is 1. The zero-order chi connectivity index (χ0) is 17.8. The van der Waals surface area contributed by atoms with Crippen molar-refractivity contribution in [2.45, 2.75) is 39.3 Å². The Kier molecular flexibility index (Phi) is 5.28. The van der Waals surface area contributed by atoms with Gasteiger partial charge >= 0.3 is 5.69 Å². The molecule has 2 atom stereocenters. The second-order valence-electron chi connectivity index (χ2n) is 6.83. The number of hydrogen-bond acceptors (Lipinski definition) is 3. The molecule has 1 aromatic heterocycles. The minimum Gasteiger partial charge on any atom is -0.347 e. The smallest absolute Gasteiger partial charge is 0.345 e. The van der Waals surface area contributed by atoms with Crippen molar-refractivity contribution in [2.75, 3.05) is 13.1 Å². The van der Waals surface area contributed by atoms with Gasteiger partial charge in [-0.3, -0.25) is 4.79 Å². The second kappa shape index (κ2) is 7.61. The number of aromatic amines is 1. The zero-order valence-electron chi connectivity index (χ0n) is 14.8. The first-order valence-corrected chi connectivity index (χ1v) is 8.74. The van der Waals surface area contributed by atoms with Crippen LogP contribution in [0.4, 0.5) is 0 Å². The van der Waals surface area contributed by atoms with Gasteiger partial charge in [0.05, 0.1) is 25.6 Å². The summed E-state index contributed by atoms with van der Waals surface area (Å²) in [6.45, 7) is 6.59. The minimum atomic E-state index is -0.366. The average molecular weight is 341 g/mol. The Labute approximate surface area is 147 Å². The van der Waals surface area contributed by atoms with Crippen LogP contribution in [0.5, 0.6) is 0 Å². The maximum absolute atomic E-state index is 12.4. The van der Waals surface area contributed by atoms with Crippen LogP contribution in [-0.2, 0) is 17.8 Å². The third-order valence-corrected chi connectivity index (χ3v) is 4.83. The van der Waals surface area contributed by atoms with Crippen LogP contribution in [0.3, 0.4) is 0 Å². The van der Waals surface area contributed by atoms with Crippen molar-refractivity contribution in [1.82, 2.24) is 15.3 Å². The topological polar surface area (TPSA) is 79.3 Å². The number of nitrogens with zero attached hydrogens (tertiary/aromatic N) is 1. The van der Waals surface area contributed by atoms with Crippen LogP contribution in [0.25, 0.3) is 0 Å². The van der Waals surface area contributed by atoms with Crippen molar-refractivity contribution in [2.24, 2.45) is 0 Å². The van der Waals surface area contributed by atoms with E-state index in [1.165, 1.54) is 10.5 Å². The summed E-state index contributed by atoms with van der Waals surface area (Å²) >= 11 is 0. The quantitative estimate of drug-likeness (QED) is 0.711. The first kappa shape index (κ1) is 17.4. The lowest BCUT2D eigenvalue weighted by Crippen LogP contribution is -3.09. The van der Waals surface area contributed by atoms with Gasteiger partial charge in [-0.25, -0.2) is 4.79 Å². The lowest BCUT2D eigenvalue weighted by molar-refractivity contribution is -0.901. The molecule has 2 heterocycles. The molecule has 1 unspecified atom stereocenters. The molecule has 0 radical (unpaired) electrons. The number of nitrogens with one attached hydrogen (secondary N) is 3. The third-order valence-electron chi connectivity index (χ3n) is 4.83. The Morgan fingerprint density at radius 2 is 2.08 bits per heavy atom. The Bertz CT molecular complexity index is 775. The van der Waals surface area contributed by atoms with Gasteiger partial charge in [-0.2, -0.15) is 4.98 Å². The molecular formula is C19H25N4O2+. The molecule has 1 aromatic carbocycles. The molecule has 6 heteroatoms. The first-order chi connectivity index (χ1) is 12.0.